The van der Waals surface area contributed by atoms with Crippen LogP contribution in [0.2, 0.25) is 0 Å². The lowest BCUT2D eigenvalue weighted by Crippen LogP contribution is -2.23. The Labute approximate surface area is 163 Å². The minimum Gasteiger partial charge on any atom is -0.464 e. The van der Waals surface area contributed by atoms with E-state index >= 15 is 0 Å². The number of unbranched alkanes of at least 4 members (excludes halogenated alkanes) is 3. The summed E-state index contributed by atoms with van der Waals surface area (Å²) in [5.74, 6) is -0.589. The van der Waals surface area contributed by atoms with E-state index in [-0.39, 0.29) is 24.6 Å². The molecule has 7 heteroatoms. The van der Waals surface area contributed by atoms with Gasteiger partial charge in [0.15, 0.2) is 6.19 Å². The average Bonchev–Trinajstić information content (AvgIpc) is 2.62. The van der Waals surface area contributed by atoms with Crippen LogP contribution in [0.1, 0.15) is 72.1 Å². The highest BCUT2D eigenvalue weighted by molar-refractivity contribution is 5.70. The summed E-state index contributed by atoms with van der Waals surface area (Å²) in [7, 11) is 0. The van der Waals surface area contributed by atoms with Gasteiger partial charge in [-0.05, 0) is 45.4 Å². The maximum atomic E-state index is 11.2. The summed E-state index contributed by atoms with van der Waals surface area (Å²) in [6, 6.07) is 0. The van der Waals surface area contributed by atoms with Crippen molar-refractivity contribution >= 4 is 11.9 Å². The summed E-state index contributed by atoms with van der Waals surface area (Å²) >= 11 is 0. The number of nitriles is 1. The fourth-order valence-electron chi connectivity index (χ4n) is 2.71. The van der Waals surface area contributed by atoms with Gasteiger partial charge in [-0.1, -0.05) is 19.8 Å². The third-order valence-electron chi connectivity index (χ3n) is 4.05. The molecule has 0 rings (SSSR count). The highest BCUT2D eigenvalue weighted by atomic mass is 16.6. The van der Waals surface area contributed by atoms with E-state index in [1.54, 1.807) is 11.8 Å². The van der Waals surface area contributed by atoms with E-state index in [1.807, 2.05) is 0 Å². The lowest BCUT2D eigenvalue weighted by molar-refractivity contribution is -0.148. The zero-order valence-corrected chi connectivity index (χ0v) is 17.2. The summed E-state index contributed by atoms with van der Waals surface area (Å²) in [5.41, 5.74) is 0. The van der Waals surface area contributed by atoms with E-state index < -0.39 is 0 Å². The van der Waals surface area contributed by atoms with Crippen LogP contribution in [-0.4, -0.2) is 55.9 Å². The molecule has 0 radical (unpaired) electrons. The second-order valence-electron chi connectivity index (χ2n) is 6.52. The Hall–Kier alpha value is -1.81. The number of hydrogen-bond donors (Lipinski definition) is 0. The Kier molecular flexibility index (Phi) is 16.4. The van der Waals surface area contributed by atoms with Crippen LogP contribution < -0.4 is 0 Å². The average molecular weight is 385 g/mol. The van der Waals surface area contributed by atoms with Gasteiger partial charge in [-0.3, -0.25) is 4.79 Å². The predicted molar refractivity (Wildman–Crippen MR) is 103 cm³/mol. The zero-order chi connectivity index (χ0) is 20.3. The molecule has 0 spiro atoms. The predicted octanol–water partition coefficient (Wildman–Crippen LogP) is 3.42. The first kappa shape index (κ1) is 25.2. The molecule has 0 bridgehead atoms. The Morgan fingerprint density at radius 3 is 2.37 bits per heavy atom. The maximum absolute atomic E-state index is 11.2. The molecule has 0 aliphatic rings. The van der Waals surface area contributed by atoms with Gasteiger partial charge in [-0.2, -0.15) is 5.26 Å². The van der Waals surface area contributed by atoms with Crippen molar-refractivity contribution in [2.24, 2.45) is 0 Å². The van der Waals surface area contributed by atoms with Gasteiger partial charge in [0.05, 0.1) is 6.61 Å². The highest BCUT2D eigenvalue weighted by Crippen LogP contribution is 2.13. The van der Waals surface area contributed by atoms with E-state index in [1.165, 1.54) is 6.92 Å². The smallest absolute Gasteiger partial charge is 0.332 e. The molecule has 0 aliphatic carbocycles. The number of hydrogen-bond acceptors (Lipinski definition) is 7. The van der Waals surface area contributed by atoms with Crippen molar-refractivity contribution in [3.63, 3.8) is 0 Å². The van der Waals surface area contributed by atoms with Crippen LogP contribution in [0.5, 0.6) is 0 Å². The molecule has 0 heterocycles. The molecule has 0 aromatic heterocycles. The number of carbonyl (C=O) groups excluding carboxylic acids is 2. The van der Waals surface area contributed by atoms with Crippen LogP contribution in [0.3, 0.4) is 0 Å². The van der Waals surface area contributed by atoms with Gasteiger partial charge in [0.2, 0.25) is 0 Å². The standard InChI is InChI=1S/C20H36N2O5/c1-4-6-7-11-19(27-18(3)23)12-10-14-22(17-21)13-8-9-15-25-16-20(24)26-5-2/h19H,4-16H2,1-3H3. The van der Waals surface area contributed by atoms with Gasteiger partial charge < -0.3 is 19.1 Å². The molecule has 0 saturated carbocycles. The van der Waals surface area contributed by atoms with Gasteiger partial charge in [0, 0.05) is 26.6 Å². The van der Waals surface area contributed by atoms with Gasteiger partial charge in [-0.15, -0.1) is 0 Å². The van der Waals surface area contributed by atoms with Crippen LogP contribution in [0.15, 0.2) is 0 Å². The molecule has 27 heavy (non-hydrogen) atoms. The summed E-state index contributed by atoms with van der Waals surface area (Å²) in [5, 5.41) is 9.24. The molecule has 0 aromatic carbocycles. The molecule has 0 amide bonds. The van der Waals surface area contributed by atoms with Gasteiger partial charge in [0.1, 0.15) is 12.7 Å². The SMILES string of the molecule is CCCCCC(CCCN(C#N)CCCCOCC(=O)OCC)OC(C)=O. The third-order valence-corrected chi connectivity index (χ3v) is 4.05. The van der Waals surface area contributed by atoms with Crippen molar-refractivity contribution < 1.29 is 23.8 Å². The van der Waals surface area contributed by atoms with Gasteiger partial charge in [-0.25, -0.2) is 4.79 Å². The van der Waals surface area contributed by atoms with E-state index in [2.05, 4.69) is 13.1 Å². The molecule has 0 aliphatic heterocycles. The quantitative estimate of drug-likeness (QED) is 0.164. The molecule has 0 fully saturated rings. The molecular weight excluding hydrogens is 348 g/mol. The first-order valence-electron chi connectivity index (χ1n) is 10.1. The van der Waals surface area contributed by atoms with Gasteiger partial charge in [0.25, 0.3) is 0 Å². The van der Waals surface area contributed by atoms with Crippen LogP contribution in [0, 0.1) is 11.5 Å². The van der Waals surface area contributed by atoms with Crippen LogP contribution in [0.25, 0.3) is 0 Å². The van der Waals surface area contributed by atoms with Crippen molar-refractivity contribution in [3.8, 4) is 6.19 Å². The van der Waals surface area contributed by atoms with E-state index in [0.29, 0.717) is 26.3 Å². The minimum atomic E-state index is -0.350. The molecule has 0 aromatic rings. The van der Waals surface area contributed by atoms with Crippen molar-refractivity contribution in [2.45, 2.75) is 78.2 Å². The summed E-state index contributed by atoms with van der Waals surface area (Å²) < 4.78 is 15.4. The van der Waals surface area contributed by atoms with Crippen molar-refractivity contribution in [1.29, 1.82) is 5.26 Å². The van der Waals surface area contributed by atoms with Crippen LogP contribution >= 0.6 is 0 Å². The number of carbonyl (C=O) groups is 2. The Morgan fingerprint density at radius 2 is 1.74 bits per heavy atom. The Balaban J connectivity index is 3.89. The third kappa shape index (κ3) is 16.1. The second kappa shape index (κ2) is 17.6. The lowest BCUT2D eigenvalue weighted by atomic mass is 10.1. The summed E-state index contributed by atoms with van der Waals surface area (Å²) in [6.07, 6.45) is 9.58. The summed E-state index contributed by atoms with van der Waals surface area (Å²) in [6.45, 7) is 7.48. The van der Waals surface area contributed by atoms with E-state index in [0.717, 1.165) is 51.4 Å². The molecule has 0 saturated heterocycles. The Morgan fingerprint density at radius 1 is 1.04 bits per heavy atom. The lowest BCUT2D eigenvalue weighted by Gasteiger charge is -2.19. The molecule has 156 valence electrons. The second-order valence-corrected chi connectivity index (χ2v) is 6.52. The molecule has 1 unspecified atom stereocenters. The number of rotatable bonds is 17. The van der Waals surface area contributed by atoms with Crippen LogP contribution in [0.4, 0.5) is 0 Å². The fourth-order valence-corrected chi connectivity index (χ4v) is 2.71. The molecule has 7 nitrogen and oxygen atoms in total. The van der Waals surface area contributed by atoms with Crippen molar-refractivity contribution in [3.05, 3.63) is 0 Å². The maximum Gasteiger partial charge on any atom is 0.332 e. The van der Waals surface area contributed by atoms with Crippen molar-refractivity contribution in [1.82, 2.24) is 4.90 Å². The first-order valence-corrected chi connectivity index (χ1v) is 10.1. The normalized spacial score (nSPS) is 11.5. The zero-order valence-electron chi connectivity index (χ0n) is 17.2. The van der Waals surface area contributed by atoms with E-state index in [4.69, 9.17) is 14.2 Å². The highest BCUT2D eigenvalue weighted by Gasteiger charge is 2.12. The van der Waals surface area contributed by atoms with Gasteiger partial charge >= 0.3 is 11.9 Å². The topological polar surface area (TPSA) is 88.9 Å². The first-order chi connectivity index (χ1) is 13.0. The molecule has 0 N–H and O–H groups in total. The number of nitrogens with zero attached hydrogens (tertiary/aromatic N) is 2. The molecule has 1 atom stereocenters. The monoisotopic (exact) mass is 384 g/mol. The van der Waals surface area contributed by atoms with Crippen LogP contribution in [-0.2, 0) is 23.8 Å². The molecular formula is C20H36N2O5. The largest absolute Gasteiger partial charge is 0.464 e. The van der Waals surface area contributed by atoms with Crippen molar-refractivity contribution in [2.75, 3.05) is 32.9 Å². The minimum absolute atomic E-state index is 0.0224. The number of esters is 2. The Bertz CT molecular complexity index is 437. The van der Waals surface area contributed by atoms with E-state index in [9.17, 15) is 14.9 Å². The number of ether oxygens (including phenoxy) is 3. The summed E-state index contributed by atoms with van der Waals surface area (Å²) in [4.78, 5) is 24.1. The fraction of sp³-hybridized carbons (Fsp3) is 0.850.